The van der Waals surface area contributed by atoms with E-state index in [0.29, 0.717) is 22.3 Å². The second-order valence-electron chi connectivity index (χ2n) is 8.63. The van der Waals surface area contributed by atoms with Gasteiger partial charge in [0.05, 0.1) is 17.4 Å². The number of thioether (sulfide) groups is 1. The Hall–Kier alpha value is -2.65. The number of anilines is 1. The fraction of sp³-hybridized carbons (Fsp3) is 0.440. The molecule has 7 nitrogen and oxygen atoms in total. The van der Waals surface area contributed by atoms with Crippen LogP contribution in [0.25, 0.3) is 11.4 Å². The Balaban J connectivity index is 1.49. The van der Waals surface area contributed by atoms with Crippen molar-refractivity contribution in [2.24, 2.45) is 0 Å². The van der Waals surface area contributed by atoms with Crippen molar-refractivity contribution >= 4 is 40.0 Å². The highest BCUT2D eigenvalue weighted by Gasteiger charge is 2.28. The van der Waals surface area contributed by atoms with E-state index in [2.05, 4.69) is 21.6 Å². The molecule has 0 aliphatic heterocycles. The van der Waals surface area contributed by atoms with Gasteiger partial charge < -0.3 is 14.6 Å². The van der Waals surface area contributed by atoms with Crippen LogP contribution < -0.4 is 5.32 Å². The van der Waals surface area contributed by atoms with Crippen molar-refractivity contribution in [3.05, 3.63) is 45.8 Å². The molecule has 0 saturated heterocycles. The van der Waals surface area contributed by atoms with Gasteiger partial charge in [-0.25, -0.2) is 4.79 Å². The lowest BCUT2D eigenvalue weighted by atomic mass is 9.95. The van der Waals surface area contributed by atoms with Crippen LogP contribution in [0.2, 0.25) is 0 Å². The molecule has 1 aromatic carbocycles. The number of nitrogens with one attached hydrogen (secondary N) is 1. The Morgan fingerprint density at radius 2 is 2.03 bits per heavy atom. The van der Waals surface area contributed by atoms with Crippen molar-refractivity contribution in [3.8, 4) is 11.4 Å². The number of esters is 1. The Bertz CT molecular complexity index is 1200. The topological polar surface area (TPSA) is 86.1 Å². The number of carbonyl (C=O) groups excluding carboxylic acids is 2. The minimum atomic E-state index is -0.356. The van der Waals surface area contributed by atoms with Crippen LogP contribution in [0.5, 0.6) is 0 Å². The molecule has 1 amide bonds. The van der Waals surface area contributed by atoms with Crippen LogP contribution in [0.3, 0.4) is 0 Å². The Morgan fingerprint density at radius 3 is 2.76 bits per heavy atom. The first-order valence-electron chi connectivity index (χ1n) is 11.7. The number of nitrogens with zero attached hydrogens (tertiary/aromatic N) is 3. The Labute approximate surface area is 208 Å². The second kappa shape index (κ2) is 10.7. The highest BCUT2D eigenvalue weighted by molar-refractivity contribution is 7.99. The van der Waals surface area contributed by atoms with Gasteiger partial charge in [-0.3, -0.25) is 4.79 Å². The first-order chi connectivity index (χ1) is 16.4. The van der Waals surface area contributed by atoms with Gasteiger partial charge in [0.15, 0.2) is 11.0 Å². The van der Waals surface area contributed by atoms with Crippen molar-refractivity contribution in [1.29, 1.82) is 0 Å². The highest BCUT2D eigenvalue weighted by Crippen LogP contribution is 2.39. The van der Waals surface area contributed by atoms with E-state index in [1.165, 1.54) is 28.0 Å². The van der Waals surface area contributed by atoms with E-state index in [4.69, 9.17) is 4.74 Å². The lowest BCUT2D eigenvalue weighted by Crippen LogP contribution is -2.19. The summed E-state index contributed by atoms with van der Waals surface area (Å²) in [5.74, 6) is 0.433. The number of thiophene rings is 1. The molecular formula is C25H30N4O3S2. The van der Waals surface area contributed by atoms with Crippen LogP contribution >= 0.6 is 23.1 Å². The van der Waals surface area contributed by atoms with Gasteiger partial charge in [-0.1, -0.05) is 35.5 Å². The van der Waals surface area contributed by atoms with E-state index in [1.54, 1.807) is 0 Å². The molecule has 0 bridgehead atoms. The van der Waals surface area contributed by atoms with Crippen molar-refractivity contribution in [3.63, 3.8) is 0 Å². The first-order valence-corrected chi connectivity index (χ1v) is 13.5. The number of aryl methyl sites for hydroxylation is 2. The van der Waals surface area contributed by atoms with E-state index >= 15 is 0 Å². The zero-order chi connectivity index (χ0) is 24.2. The minimum absolute atomic E-state index is 0.174. The van der Waals surface area contributed by atoms with Gasteiger partial charge in [0.2, 0.25) is 5.91 Å². The molecule has 1 aliphatic carbocycles. The van der Waals surface area contributed by atoms with Crippen molar-refractivity contribution in [2.45, 2.75) is 71.2 Å². The van der Waals surface area contributed by atoms with Crippen molar-refractivity contribution < 1.29 is 14.3 Å². The Morgan fingerprint density at radius 1 is 1.24 bits per heavy atom. The van der Waals surface area contributed by atoms with E-state index in [9.17, 15) is 9.59 Å². The molecular weight excluding hydrogens is 468 g/mol. The molecule has 1 N–H and O–H groups in total. The molecule has 0 radical (unpaired) electrons. The molecule has 1 aliphatic rings. The average Bonchev–Trinajstić information content (AvgIpc) is 3.37. The van der Waals surface area contributed by atoms with Gasteiger partial charge >= 0.3 is 5.97 Å². The molecule has 2 heterocycles. The van der Waals surface area contributed by atoms with Crippen LogP contribution in [0.15, 0.2) is 29.4 Å². The molecule has 0 saturated carbocycles. The number of amides is 1. The maximum absolute atomic E-state index is 12.9. The Kier molecular flexibility index (Phi) is 7.73. The average molecular weight is 499 g/mol. The number of hydrogen-bond donors (Lipinski definition) is 1. The monoisotopic (exact) mass is 498 g/mol. The number of rotatable bonds is 8. The smallest absolute Gasteiger partial charge is 0.341 e. The summed E-state index contributed by atoms with van der Waals surface area (Å²) >= 11 is 2.85. The summed E-state index contributed by atoms with van der Waals surface area (Å²) in [7, 11) is 0. The van der Waals surface area contributed by atoms with Crippen LogP contribution in [0.4, 0.5) is 5.00 Å². The summed E-state index contributed by atoms with van der Waals surface area (Å²) in [5, 5.41) is 13.0. The SMILES string of the molecule is CCn1c(SCC(=O)Nc2sc3c(c2C(=O)OC(C)C)CCCC3)nnc1-c1cccc(C)c1. The summed E-state index contributed by atoms with van der Waals surface area (Å²) in [6.07, 6.45) is 3.72. The molecule has 0 spiro atoms. The van der Waals surface area contributed by atoms with Crippen molar-refractivity contribution in [2.75, 3.05) is 11.1 Å². The third kappa shape index (κ3) is 5.36. The highest BCUT2D eigenvalue weighted by atomic mass is 32.2. The van der Waals surface area contributed by atoms with E-state index in [-0.39, 0.29) is 23.7 Å². The third-order valence-electron chi connectivity index (χ3n) is 5.61. The number of aromatic nitrogens is 3. The lowest BCUT2D eigenvalue weighted by Gasteiger charge is -2.14. The van der Waals surface area contributed by atoms with Gasteiger partial charge in [0.25, 0.3) is 0 Å². The first kappa shape index (κ1) is 24.5. The molecule has 34 heavy (non-hydrogen) atoms. The number of ether oxygens (including phenoxy) is 1. The summed E-state index contributed by atoms with van der Waals surface area (Å²) in [6, 6.07) is 8.14. The minimum Gasteiger partial charge on any atom is -0.459 e. The maximum Gasteiger partial charge on any atom is 0.341 e. The van der Waals surface area contributed by atoms with Gasteiger partial charge in [-0.05, 0) is 65.0 Å². The fourth-order valence-electron chi connectivity index (χ4n) is 4.11. The zero-order valence-corrected chi connectivity index (χ0v) is 21.6. The predicted molar refractivity (Wildman–Crippen MR) is 137 cm³/mol. The van der Waals surface area contributed by atoms with E-state index in [0.717, 1.165) is 48.2 Å². The molecule has 9 heteroatoms. The summed E-state index contributed by atoms with van der Waals surface area (Å²) in [5.41, 5.74) is 3.73. The number of carbonyl (C=O) groups is 2. The molecule has 0 fully saturated rings. The summed E-state index contributed by atoms with van der Waals surface area (Å²) in [4.78, 5) is 26.9. The predicted octanol–water partition coefficient (Wildman–Crippen LogP) is 5.51. The lowest BCUT2D eigenvalue weighted by molar-refractivity contribution is -0.113. The van der Waals surface area contributed by atoms with E-state index < -0.39 is 0 Å². The standard InChI is InChI=1S/C25H30N4O3S2/c1-5-29-22(17-10-8-9-16(4)13-17)27-28-25(29)33-14-20(30)26-23-21(24(31)32-15(2)3)18-11-6-7-12-19(18)34-23/h8-10,13,15H,5-7,11-12,14H2,1-4H3,(H,26,30). The van der Waals surface area contributed by atoms with Crippen LogP contribution in [0, 0.1) is 6.92 Å². The van der Waals surface area contributed by atoms with Crippen LogP contribution in [-0.2, 0) is 28.9 Å². The van der Waals surface area contributed by atoms with Gasteiger partial charge in [-0.2, -0.15) is 0 Å². The van der Waals surface area contributed by atoms with Crippen LogP contribution in [-0.4, -0.2) is 38.5 Å². The van der Waals surface area contributed by atoms with E-state index in [1.807, 2.05) is 50.5 Å². The number of hydrogen-bond acceptors (Lipinski definition) is 7. The maximum atomic E-state index is 12.9. The summed E-state index contributed by atoms with van der Waals surface area (Å²) in [6.45, 7) is 8.45. The quantitative estimate of drug-likeness (QED) is 0.326. The van der Waals surface area contributed by atoms with Gasteiger partial charge in [0, 0.05) is 17.0 Å². The zero-order valence-electron chi connectivity index (χ0n) is 20.0. The van der Waals surface area contributed by atoms with Gasteiger partial charge in [0.1, 0.15) is 5.00 Å². The molecule has 4 rings (SSSR count). The molecule has 3 aromatic rings. The van der Waals surface area contributed by atoms with Gasteiger partial charge in [-0.15, -0.1) is 21.5 Å². The number of benzene rings is 1. The van der Waals surface area contributed by atoms with Crippen molar-refractivity contribution in [1.82, 2.24) is 14.8 Å². The molecule has 180 valence electrons. The number of fused-ring (bicyclic) bond motifs is 1. The summed E-state index contributed by atoms with van der Waals surface area (Å²) < 4.78 is 7.50. The third-order valence-corrected chi connectivity index (χ3v) is 7.79. The molecule has 0 unspecified atom stereocenters. The second-order valence-corrected chi connectivity index (χ2v) is 10.7. The normalized spacial score (nSPS) is 13.1. The largest absolute Gasteiger partial charge is 0.459 e. The van der Waals surface area contributed by atoms with Crippen LogP contribution in [0.1, 0.15) is 60.0 Å². The fourth-order valence-corrected chi connectivity index (χ4v) is 6.21. The molecule has 2 aromatic heterocycles. The molecule has 0 atom stereocenters.